The lowest BCUT2D eigenvalue weighted by atomic mass is 10.1. The number of nitrogens with zero attached hydrogens (tertiary/aromatic N) is 2. The molecule has 3 rings (SSSR count). The predicted molar refractivity (Wildman–Crippen MR) is 122 cm³/mol. The van der Waals surface area contributed by atoms with Gasteiger partial charge in [0.2, 0.25) is 10.0 Å². The minimum absolute atomic E-state index is 0.258. The highest BCUT2D eigenvalue weighted by Crippen LogP contribution is 2.21. The van der Waals surface area contributed by atoms with Crippen LogP contribution < -0.4 is 9.46 Å². The van der Waals surface area contributed by atoms with E-state index in [0.29, 0.717) is 18.9 Å². The number of nitrogens with one attached hydrogen (secondary N) is 1. The Labute approximate surface area is 179 Å². The van der Waals surface area contributed by atoms with Crippen LogP contribution in [0.1, 0.15) is 18.4 Å². The maximum atomic E-state index is 12.5. The molecular weight excluding hydrogens is 398 g/mol. The maximum Gasteiger partial charge on any atom is 0.240 e. The van der Waals surface area contributed by atoms with Crippen LogP contribution in [0.15, 0.2) is 59.6 Å². The minimum Gasteiger partial charge on any atom is -0.494 e. The van der Waals surface area contributed by atoms with Gasteiger partial charge in [-0.15, -0.1) is 0 Å². The molecule has 7 heteroatoms. The average Bonchev–Trinajstić information content (AvgIpc) is 3.05. The number of sulfonamides is 1. The van der Waals surface area contributed by atoms with Gasteiger partial charge < -0.3 is 14.2 Å². The zero-order valence-electron chi connectivity index (χ0n) is 18.0. The molecular formula is C23H31N3O3S. The summed E-state index contributed by atoms with van der Waals surface area (Å²) >= 11 is 0. The Morgan fingerprint density at radius 2 is 1.77 bits per heavy atom. The molecule has 0 amide bonds. The largest absolute Gasteiger partial charge is 0.494 e. The number of ether oxygens (including phenoxy) is 1. The standard InChI is InChI=1S/C23H31N3O3S/c1-25(2)16-7-17-29-20-11-13-21(14-12-20)30(27,28)24-15-6-8-19-18-26(3)23-10-5-4-9-22(19)23/h4-5,9-14,18,24H,6-8,15-17H2,1-3H3. The van der Waals surface area contributed by atoms with Gasteiger partial charge in [-0.1, -0.05) is 18.2 Å². The summed E-state index contributed by atoms with van der Waals surface area (Å²) in [6.07, 6.45) is 4.60. The fourth-order valence-corrected chi connectivity index (χ4v) is 4.55. The van der Waals surface area contributed by atoms with Gasteiger partial charge in [0.15, 0.2) is 0 Å². The zero-order chi connectivity index (χ0) is 21.6. The van der Waals surface area contributed by atoms with Gasteiger partial charge in [-0.25, -0.2) is 13.1 Å². The first-order chi connectivity index (χ1) is 14.4. The van der Waals surface area contributed by atoms with Crippen molar-refractivity contribution < 1.29 is 13.2 Å². The third-order valence-electron chi connectivity index (χ3n) is 5.05. The first-order valence-electron chi connectivity index (χ1n) is 10.3. The fourth-order valence-electron chi connectivity index (χ4n) is 3.48. The summed E-state index contributed by atoms with van der Waals surface area (Å²) in [7, 11) is 2.55. The van der Waals surface area contributed by atoms with Crippen molar-refractivity contribution in [1.82, 2.24) is 14.2 Å². The van der Waals surface area contributed by atoms with Crippen LogP contribution in [0.4, 0.5) is 0 Å². The Morgan fingerprint density at radius 3 is 2.50 bits per heavy atom. The van der Waals surface area contributed by atoms with Crippen LogP contribution >= 0.6 is 0 Å². The second-order valence-corrected chi connectivity index (χ2v) is 9.53. The summed E-state index contributed by atoms with van der Waals surface area (Å²) < 4.78 is 35.6. The Bertz CT molecular complexity index is 1060. The topological polar surface area (TPSA) is 63.6 Å². The van der Waals surface area contributed by atoms with E-state index < -0.39 is 10.0 Å². The van der Waals surface area contributed by atoms with Gasteiger partial charge in [-0.3, -0.25) is 0 Å². The molecule has 0 bridgehead atoms. The number of aromatic nitrogens is 1. The Morgan fingerprint density at radius 1 is 1.03 bits per heavy atom. The molecule has 30 heavy (non-hydrogen) atoms. The number of para-hydroxylation sites is 1. The first kappa shape index (κ1) is 22.3. The van der Waals surface area contributed by atoms with Gasteiger partial charge in [-0.2, -0.15) is 0 Å². The molecule has 2 aromatic carbocycles. The first-order valence-corrected chi connectivity index (χ1v) is 11.8. The van der Waals surface area contributed by atoms with Gasteiger partial charge in [-0.05, 0) is 69.3 Å². The van der Waals surface area contributed by atoms with Crippen LogP contribution in [-0.2, 0) is 23.5 Å². The van der Waals surface area contributed by atoms with Gasteiger partial charge >= 0.3 is 0 Å². The van der Waals surface area contributed by atoms with E-state index in [1.165, 1.54) is 16.5 Å². The van der Waals surface area contributed by atoms with Crippen molar-refractivity contribution >= 4 is 20.9 Å². The fraction of sp³-hybridized carbons (Fsp3) is 0.391. The van der Waals surface area contributed by atoms with Crippen molar-refractivity contribution in [3.05, 3.63) is 60.3 Å². The van der Waals surface area contributed by atoms with Crippen molar-refractivity contribution in [2.75, 3.05) is 33.8 Å². The van der Waals surface area contributed by atoms with Crippen LogP contribution in [0.25, 0.3) is 10.9 Å². The lowest BCUT2D eigenvalue weighted by Crippen LogP contribution is -2.25. The number of fused-ring (bicyclic) bond motifs is 1. The van der Waals surface area contributed by atoms with E-state index in [9.17, 15) is 8.42 Å². The van der Waals surface area contributed by atoms with Gasteiger partial charge in [0, 0.05) is 37.2 Å². The molecule has 0 fully saturated rings. The lowest BCUT2D eigenvalue weighted by Gasteiger charge is -2.11. The van der Waals surface area contributed by atoms with Crippen LogP contribution in [0.5, 0.6) is 5.75 Å². The van der Waals surface area contributed by atoms with Gasteiger partial charge in [0.1, 0.15) is 5.75 Å². The molecule has 0 saturated heterocycles. The van der Waals surface area contributed by atoms with Crippen molar-refractivity contribution in [2.24, 2.45) is 7.05 Å². The minimum atomic E-state index is -3.52. The number of aryl methyl sites for hydroxylation is 2. The monoisotopic (exact) mass is 429 g/mol. The number of hydrogen-bond donors (Lipinski definition) is 1. The molecule has 1 aromatic heterocycles. The third-order valence-corrected chi connectivity index (χ3v) is 6.52. The molecule has 0 aliphatic carbocycles. The second-order valence-electron chi connectivity index (χ2n) is 7.76. The van der Waals surface area contributed by atoms with E-state index in [1.807, 2.05) is 33.3 Å². The van der Waals surface area contributed by atoms with E-state index in [1.54, 1.807) is 24.3 Å². The summed E-state index contributed by atoms with van der Waals surface area (Å²) in [6, 6.07) is 14.9. The quantitative estimate of drug-likeness (QED) is 0.475. The molecule has 6 nitrogen and oxygen atoms in total. The number of benzene rings is 2. The molecule has 0 aliphatic heterocycles. The highest BCUT2D eigenvalue weighted by Gasteiger charge is 2.14. The lowest BCUT2D eigenvalue weighted by molar-refractivity contribution is 0.281. The van der Waals surface area contributed by atoms with Crippen LogP contribution in [0.3, 0.4) is 0 Å². The van der Waals surface area contributed by atoms with Crippen molar-refractivity contribution in [3.8, 4) is 5.75 Å². The van der Waals surface area contributed by atoms with E-state index >= 15 is 0 Å². The molecule has 0 atom stereocenters. The number of hydrogen-bond acceptors (Lipinski definition) is 4. The van der Waals surface area contributed by atoms with E-state index in [2.05, 4.69) is 32.5 Å². The molecule has 1 N–H and O–H groups in total. The highest BCUT2D eigenvalue weighted by atomic mass is 32.2. The Hall–Kier alpha value is -2.35. The summed E-state index contributed by atoms with van der Waals surface area (Å²) in [4.78, 5) is 2.36. The second kappa shape index (κ2) is 10.1. The van der Waals surface area contributed by atoms with E-state index in [-0.39, 0.29) is 4.90 Å². The van der Waals surface area contributed by atoms with E-state index in [4.69, 9.17) is 4.74 Å². The zero-order valence-corrected chi connectivity index (χ0v) is 18.8. The van der Waals surface area contributed by atoms with Crippen LogP contribution in [0.2, 0.25) is 0 Å². The Kier molecular flexibility index (Phi) is 7.53. The summed E-state index contributed by atoms with van der Waals surface area (Å²) in [5.41, 5.74) is 2.43. The Balaban J connectivity index is 1.49. The molecule has 0 unspecified atom stereocenters. The maximum absolute atomic E-state index is 12.5. The predicted octanol–water partition coefficient (Wildman–Crippen LogP) is 3.42. The molecule has 0 saturated carbocycles. The molecule has 1 heterocycles. The van der Waals surface area contributed by atoms with Gasteiger partial charge in [0.05, 0.1) is 11.5 Å². The van der Waals surface area contributed by atoms with Crippen LogP contribution in [0, 0.1) is 0 Å². The van der Waals surface area contributed by atoms with Crippen LogP contribution in [-0.4, -0.2) is 51.7 Å². The molecule has 3 aromatic rings. The summed E-state index contributed by atoms with van der Waals surface area (Å²) in [5.74, 6) is 0.684. The summed E-state index contributed by atoms with van der Waals surface area (Å²) in [6.45, 7) is 1.96. The highest BCUT2D eigenvalue weighted by molar-refractivity contribution is 7.89. The third kappa shape index (κ3) is 5.84. The van der Waals surface area contributed by atoms with Gasteiger partial charge in [0.25, 0.3) is 0 Å². The molecule has 0 radical (unpaired) electrons. The van der Waals surface area contributed by atoms with Crippen molar-refractivity contribution in [3.63, 3.8) is 0 Å². The molecule has 0 spiro atoms. The smallest absolute Gasteiger partial charge is 0.240 e. The SMILES string of the molecule is CN(C)CCCOc1ccc(S(=O)(=O)NCCCc2cn(C)c3ccccc23)cc1. The van der Waals surface area contributed by atoms with Crippen molar-refractivity contribution in [1.29, 1.82) is 0 Å². The normalized spacial score (nSPS) is 12.0. The van der Waals surface area contributed by atoms with E-state index in [0.717, 1.165) is 25.8 Å². The molecule has 162 valence electrons. The summed E-state index contributed by atoms with van der Waals surface area (Å²) in [5, 5.41) is 1.23. The molecule has 0 aliphatic rings. The van der Waals surface area contributed by atoms with Crippen molar-refractivity contribution in [2.45, 2.75) is 24.2 Å². The average molecular weight is 430 g/mol. The number of rotatable bonds is 11.